The molecule has 3 amide bonds. The molecule has 0 spiro atoms. The number of unbranched alkanes of at least 4 members (excludes halogenated alkanes) is 1. The topological polar surface area (TPSA) is 106 Å². The highest BCUT2D eigenvalue weighted by atomic mass is 16.6. The van der Waals surface area contributed by atoms with Crippen LogP contribution in [0.25, 0.3) is 0 Å². The molecular weight excluding hydrogens is 378 g/mol. The number of hydrogen-bond donors (Lipinski definition) is 2. The van der Waals surface area contributed by atoms with E-state index in [2.05, 4.69) is 10.6 Å². The van der Waals surface area contributed by atoms with Crippen molar-refractivity contribution in [1.82, 2.24) is 15.5 Å². The lowest BCUT2D eigenvalue weighted by Crippen LogP contribution is -2.40. The molecule has 0 saturated heterocycles. The number of carbonyl (C=O) groups excluding carboxylic acids is 3. The van der Waals surface area contributed by atoms with Crippen LogP contribution in [0.3, 0.4) is 0 Å². The van der Waals surface area contributed by atoms with Gasteiger partial charge in [-0.1, -0.05) is 0 Å². The van der Waals surface area contributed by atoms with E-state index in [1.165, 1.54) is 7.11 Å². The Balaban J connectivity index is 4.39. The molecule has 0 unspecified atom stereocenters. The maximum absolute atomic E-state index is 12.4. The van der Waals surface area contributed by atoms with Gasteiger partial charge in [0.15, 0.2) is 0 Å². The molecule has 0 saturated carbocycles. The lowest BCUT2D eigenvalue weighted by atomic mass is 10.2. The average molecular weight is 418 g/mol. The molecule has 2 N–H and O–H groups in total. The standard InChI is InChI=1S/C20H39N3O6/c1-19(2,3)28-17(25)22-12-10-14-23(18(26)29-20(4,5)6)13-9-8-11-21-16(24)15-27-7/h8-15H2,1-7H3,(H,21,24)(H,22,25). The van der Waals surface area contributed by atoms with Gasteiger partial charge in [0.1, 0.15) is 17.8 Å². The summed E-state index contributed by atoms with van der Waals surface area (Å²) in [6.07, 6.45) is 1.14. The second-order valence-electron chi connectivity index (χ2n) is 8.74. The maximum Gasteiger partial charge on any atom is 0.410 e. The van der Waals surface area contributed by atoms with E-state index < -0.39 is 23.4 Å². The predicted octanol–water partition coefficient (Wildman–Crippen LogP) is 2.68. The minimum atomic E-state index is -0.585. The summed E-state index contributed by atoms with van der Waals surface area (Å²) in [4.78, 5) is 37.1. The minimum absolute atomic E-state index is 0.0364. The van der Waals surface area contributed by atoms with E-state index in [9.17, 15) is 14.4 Å². The van der Waals surface area contributed by atoms with Gasteiger partial charge in [-0.25, -0.2) is 9.59 Å². The molecule has 0 heterocycles. The molecular formula is C20H39N3O6. The van der Waals surface area contributed by atoms with Gasteiger partial charge in [0.05, 0.1) is 0 Å². The fraction of sp³-hybridized carbons (Fsp3) is 0.850. The molecule has 0 aliphatic rings. The van der Waals surface area contributed by atoms with Crippen LogP contribution in [-0.4, -0.2) is 74.1 Å². The van der Waals surface area contributed by atoms with Gasteiger partial charge in [0.2, 0.25) is 5.91 Å². The normalized spacial score (nSPS) is 11.6. The fourth-order valence-electron chi connectivity index (χ4n) is 2.23. The van der Waals surface area contributed by atoms with Crippen molar-refractivity contribution in [2.45, 2.75) is 72.0 Å². The monoisotopic (exact) mass is 417 g/mol. The molecule has 0 rings (SSSR count). The van der Waals surface area contributed by atoms with Crippen molar-refractivity contribution >= 4 is 18.1 Å². The third-order valence-electron chi connectivity index (χ3n) is 3.38. The Kier molecular flexibility index (Phi) is 12.3. The first-order chi connectivity index (χ1) is 13.3. The molecule has 0 aliphatic heterocycles. The highest BCUT2D eigenvalue weighted by Gasteiger charge is 2.22. The number of nitrogens with zero attached hydrogens (tertiary/aromatic N) is 1. The average Bonchev–Trinajstić information content (AvgIpc) is 2.53. The summed E-state index contributed by atoms with van der Waals surface area (Å²) in [7, 11) is 1.47. The van der Waals surface area contributed by atoms with Crippen LogP contribution in [-0.2, 0) is 19.0 Å². The third kappa shape index (κ3) is 16.6. The van der Waals surface area contributed by atoms with Gasteiger partial charge in [-0.05, 0) is 60.8 Å². The maximum atomic E-state index is 12.4. The van der Waals surface area contributed by atoms with Gasteiger partial charge in [-0.3, -0.25) is 4.79 Å². The van der Waals surface area contributed by atoms with Gasteiger partial charge in [-0.15, -0.1) is 0 Å². The Bertz CT molecular complexity index is 511. The summed E-state index contributed by atoms with van der Waals surface area (Å²) in [5.74, 6) is -0.162. The smallest absolute Gasteiger partial charge is 0.410 e. The molecule has 0 fully saturated rings. The SMILES string of the molecule is COCC(=O)NCCCCN(CCCNC(=O)OC(C)(C)C)C(=O)OC(C)(C)C. The Morgan fingerprint density at radius 1 is 0.793 bits per heavy atom. The van der Waals surface area contributed by atoms with Gasteiger partial charge >= 0.3 is 12.2 Å². The summed E-state index contributed by atoms with van der Waals surface area (Å²) in [6.45, 7) is 12.7. The molecule has 0 radical (unpaired) electrons. The summed E-state index contributed by atoms with van der Waals surface area (Å²) in [5, 5.41) is 5.43. The van der Waals surface area contributed by atoms with Crippen LogP contribution in [0.1, 0.15) is 60.8 Å². The molecule has 170 valence electrons. The highest BCUT2D eigenvalue weighted by Crippen LogP contribution is 2.11. The number of hydrogen-bond acceptors (Lipinski definition) is 6. The number of amides is 3. The van der Waals surface area contributed by atoms with Crippen molar-refractivity contribution < 1.29 is 28.6 Å². The Morgan fingerprint density at radius 2 is 1.34 bits per heavy atom. The fourth-order valence-corrected chi connectivity index (χ4v) is 2.23. The Morgan fingerprint density at radius 3 is 1.90 bits per heavy atom. The number of nitrogens with one attached hydrogen (secondary N) is 2. The number of carbonyl (C=O) groups is 3. The van der Waals surface area contributed by atoms with Crippen LogP contribution in [0.2, 0.25) is 0 Å². The van der Waals surface area contributed by atoms with Crippen LogP contribution < -0.4 is 10.6 Å². The first kappa shape index (κ1) is 27.0. The Labute approximate surface area is 174 Å². The van der Waals surface area contributed by atoms with Crippen molar-refractivity contribution in [3.8, 4) is 0 Å². The zero-order chi connectivity index (χ0) is 22.5. The number of ether oxygens (including phenoxy) is 3. The largest absolute Gasteiger partial charge is 0.444 e. The van der Waals surface area contributed by atoms with E-state index in [-0.39, 0.29) is 12.5 Å². The minimum Gasteiger partial charge on any atom is -0.444 e. The van der Waals surface area contributed by atoms with E-state index in [1.807, 2.05) is 20.8 Å². The van der Waals surface area contributed by atoms with Crippen LogP contribution in [0, 0.1) is 0 Å². The molecule has 0 bridgehead atoms. The summed E-state index contributed by atoms with van der Waals surface area (Å²) < 4.78 is 15.4. The molecule has 0 aromatic rings. The lowest BCUT2D eigenvalue weighted by Gasteiger charge is -2.27. The van der Waals surface area contributed by atoms with E-state index in [0.717, 1.165) is 6.42 Å². The van der Waals surface area contributed by atoms with Crippen LogP contribution in [0.15, 0.2) is 0 Å². The summed E-state index contributed by atoms with van der Waals surface area (Å²) in [5.41, 5.74) is -1.14. The number of methoxy groups -OCH3 is 1. The van der Waals surface area contributed by atoms with E-state index in [4.69, 9.17) is 14.2 Å². The summed E-state index contributed by atoms with van der Waals surface area (Å²) in [6, 6.07) is 0. The number of alkyl carbamates (subject to hydrolysis) is 1. The van der Waals surface area contributed by atoms with Crippen molar-refractivity contribution in [2.24, 2.45) is 0 Å². The second kappa shape index (κ2) is 13.2. The van der Waals surface area contributed by atoms with Crippen molar-refractivity contribution in [3.63, 3.8) is 0 Å². The van der Waals surface area contributed by atoms with Crippen molar-refractivity contribution in [1.29, 1.82) is 0 Å². The molecule has 0 aromatic heterocycles. The molecule has 29 heavy (non-hydrogen) atoms. The lowest BCUT2D eigenvalue weighted by molar-refractivity contribution is -0.124. The van der Waals surface area contributed by atoms with Crippen LogP contribution in [0.5, 0.6) is 0 Å². The molecule has 0 atom stereocenters. The zero-order valence-corrected chi connectivity index (χ0v) is 19.1. The zero-order valence-electron chi connectivity index (χ0n) is 19.1. The predicted molar refractivity (Wildman–Crippen MR) is 111 cm³/mol. The van der Waals surface area contributed by atoms with Crippen LogP contribution >= 0.6 is 0 Å². The third-order valence-corrected chi connectivity index (χ3v) is 3.38. The first-order valence-corrected chi connectivity index (χ1v) is 10.0. The molecule has 0 aliphatic carbocycles. The van der Waals surface area contributed by atoms with E-state index in [1.54, 1.807) is 25.7 Å². The van der Waals surface area contributed by atoms with Crippen molar-refractivity contribution in [2.75, 3.05) is 39.9 Å². The number of rotatable bonds is 11. The van der Waals surface area contributed by atoms with Gasteiger partial charge < -0.3 is 29.7 Å². The van der Waals surface area contributed by atoms with E-state index >= 15 is 0 Å². The van der Waals surface area contributed by atoms with Crippen molar-refractivity contribution in [3.05, 3.63) is 0 Å². The summed E-state index contributed by atoms with van der Waals surface area (Å²) >= 11 is 0. The molecule has 9 heteroatoms. The molecule has 9 nitrogen and oxygen atoms in total. The molecule has 0 aromatic carbocycles. The van der Waals surface area contributed by atoms with E-state index in [0.29, 0.717) is 39.0 Å². The van der Waals surface area contributed by atoms with Gasteiger partial charge in [-0.2, -0.15) is 0 Å². The Hall–Kier alpha value is -2.03. The van der Waals surface area contributed by atoms with Gasteiger partial charge in [0.25, 0.3) is 0 Å². The quantitative estimate of drug-likeness (QED) is 0.501. The second-order valence-corrected chi connectivity index (χ2v) is 8.74. The first-order valence-electron chi connectivity index (χ1n) is 10.0. The highest BCUT2D eigenvalue weighted by molar-refractivity contribution is 5.77. The van der Waals surface area contributed by atoms with Gasteiger partial charge in [0, 0.05) is 33.3 Å². The van der Waals surface area contributed by atoms with Crippen LogP contribution in [0.4, 0.5) is 9.59 Å².